The van der Waals surface area contributed by atoms with E-state index in [0.717, 1.165) is 43.9 Å². The van der Waals surface area contributed by atoms with Gasteiger partial charge in [0.25, 0.3) is 0 Å². The average Bonchev–Trinajstić information content (AvgIpc) is 2.97. The summed E-state index contributed by atoms with van der Waals surface area (Å²) in [6, 6.07) is 12.0. The van der Waals surface area contributed by atoms with Gasteiger partial charge in [-0.25, -0.2) is 13.8 Å². The number of likely N-dealkylation sites (N-methyl/N-ethyl adjacent to an activating group) is 1. The van der Waals surface area contributed by atoms with E-state index < -0.39 is 11.6 Å². The largest absolute Gasteiger partial charge is 0.357 e. The Hall–Kier alpha value is -2.51. The first kappa shape index (κ1) is 23.2. The second-order valence-electron chi connectivity index (χ2n) is 8.03. The Balaban J connectivity index is 1.54. The molecule has 2 N–H and O–H groups in total. The number of nitrogens with zero attached hydrogens (tertiary/aromatic N) is 3. The Morgan fingerprint density at radius 2 is 1.74 bits per heavy atom. The van der Waals surface area contributed by atoms with Gasteiger partial charge in [0, 0.05) is 38.3 Å². The van der Waals surface area contributed by atoms with Crippen LogP contribution in [0.4, 0.5) is 8.78 Å². The molecule has 0 aromatic heterocycles. The van der Waals surface area contributed by atoms with Crippen molar-refractivity contribution in [2.24, 2.45) is 4.99 Å². The van der Waals surface area contributed by atoms with Crippen LogP contribution in [0.2, 0.25) is 0 Å². The molecular formula is C24H33F2N5. The van der Waals surface area contributed by atoms with Gasteiger partial charge in [-0.1, -0.05) is 24.3 Å². The van der Waals surface area contributed by atoms with E-state index in [1.54, 1.807) is 0 Å². The molecule has 1 aliphatic heterocycles. The minimum absolute atomic E-state index is 0.166. The van der Waals surface area contributed by atoms with Crippen molar-refractivity contribution in [2.45, 2.75) is 33.0 Å². The molecule has 1 heterocycles. The summed E-state index contributed by atoms with van der Waals surface area (Å²) in [5.41, 5.74) is 2.69. The lowest BCUT2D eigenvalue weighted by molar-refractivity contribution is 0.269. The van der Waals surface area contributed by atoms with Gasteiger partial charge in [0.05, 0.1) is 6.54 Å². The molecule has 5 nitrogen and oxygen atoms in total. The molecule has 1 fully saturated rings. The quantitative estimate of drug-likeness (QED) is 0.523. The van der Waals surface area contributed by atoms with Crippen molar-refractivity contribution < 1.29 is 8.78 Å². The van der Waals surface area contributed by atoms with Gasteiger partial charge in [-0.15, -0.1) is 0 Å². The second kappa shape index (κ2) is 11.8. The van der Waals surface area contributed by atoms with Crippen LogP contribution in [-0.4, -0.2) is 55.5 Å². The molecule has 0 saturated carbocycles. The van der Waals surface area contributed by atoms with Crippen LogP contribution < -0.4 is 10.6 Å². The van der Waals surface area contributed by atoms with Crippen LogP contribution in [0.1, 0.15) is 30.0 Å². The minimum Gasteiger partial charge on any atom is -0.357 e. The highest BCUT2D eigenvalue weighted by molar-refractivity contribution is 5.79. The number of nitrogens with one attached hydrogen (secondary N) is 2. The van der Waals surface area contributed by atoms with Crippen molar-refractivity contribution in [3.05, 3.63) is 70.8 Å². The Bertz CT molecular complexity index is 854. The van der Waals surface area contributed by atoms with Crippen molar-refractivity contribution in [1.82, 2.24) is 20.4 Å². The molecule has 2 aromatic carbocycles. The smallest absolute Gasteiger partial charge is 0.191 e. The summed E-state index contributed by atoms with van der Waals surface area (Å²) in [7, 11) is 2.18. The van der Waals surface area contributed by atoms with Gasteiger partial charge in [0.15, 0.2) is 5.96 Å². The fourth-order valence-electron chi connectivity index (χ4n) is 3.64. The zero-order valence-electron chi connectivity index (χ0n) is 18.5. The highest BCUT2D eigenvalue weighted by atomic mass is 19.1. The number of benzene rings is 2. The predicted molar refractivity (Wildman–Crippen MR) is 122 cm³/mol. The summed E-state index contributed by atoms with van der Waals surface area (Å²) >= 11 is 0. The summed E-state index contributed by atoms with van der Waals surface area (Å²) in [6.45, 7) is 8.83. The van der Waals surface area contributed by atoms with Gasteiger partial charge in [-0.2, -0.15) is 0 Å². The first-order chi connectivity index (χ1) is 15.0. The van der Waals surface area contributed by atoms with Crippen molar-refractivity contribution in [1.29, 1.82) is 0 Å². The maximum absolute atomic E-state index is 13.8. The molecular weight excluding hydrogens is 396 g/mol. The van der Waals surface area contributed by atoms with Crippen molar-refractivity contribution in [2.75, 3.05) is 39.8 Å². The molecule has 0 spiro atoms. The van der Waals surface area contributed by atoms with Crippen LogP contribution in [0, 0.1) is 11.6 Å². The summed E-state index contributed by atoms with van der Waals surface area (Å²) in [5.74, 6) is -0.312. The molecule has 2 aromatic rings. The van der Waals surface area contributed by atoms with Gasteiger partial charge < -0.3 is 15.5 Å². The molecule has 0 aliphatic carbocycles. The van der Waals surface area contributed by atoms with E-state index in [-0.39, 0.29) is 12.1 Å². The molecule has 168 valence electrons. The van der Waals surface area contributed by atoms with Crippen LogP contribution in [0.5, 0.6) is 0 Å². The Morgan fingerprint density at radius 1 is 0.968 bits per heavy atom. The zero-order valence-corrected chi connectivity index (χ0v) is 18.5. The maximum Gasteiger partial charge on any atom is 0.191 e. The van der Waals surface area contributed by atoms with Crippen molar-refractivity contribution in [3.63, 3.8) is 0 Å². The molecule has 0 unspecified atom stereocenters. The van der Waals surface area contributed by atoms with E-state index in [1.807, 2.05) is 6.92 Å². The summed E-state index contributed by atoms with van der Waals surface area (Å²) < 4.78 is 27.2. The van der Waals surface area contributed by atoms with E-state index in [0.29, 0.717) is 19.0 Å². The van der Waals surface area contributed by atoms with Gasteiger partial charge in [0.1, 0.15) is 11.6 Å². The van der Waals surface area contributed by atoms with Gasteiger partial charge in [0.2, 0.25) is 0 Å². The first-order valence-electron chi connectivity index (χ1n) is 11.0. The van der Waals surface area contributed by atoms with E-state index >= 15 is 0 Å². The molecule has 3 rings (SSSR count). The van der Waals surface area contributed by atoms with E-state index in [1.165, 1.54) is 24.6 Å². The SMILES string of the molecule is CCNC(=NCc1ccc(CN2CCCN(C)CC2)cc1)NCc1cc(F)ccc1F. The molecule has 0 radical (unpaired) electrons. The van der Waals surface area contributed by atoms with Crippen molar-refractivity contribution in [3.8, 4) is 0 Å². The monoisotopic (exact) mass is 429 g/mol. The molecule has 31 heavy (non-hydrogen) atoms. The first-order valence-corrected chi connectivity index (χ1v) is 11.0. The predicted octanol–water partition coefficient (Wildman–Crippen LogP) is 3.36. The average molecular weight is 430 g/mol. The van der Waals surface area contributed by atoms with E-state index in [4.69, 9.17) is 0 Å². The standard InChI is InChI=1S/C24H33F2N5/c1-3-27-24(29-17-21-15-22(25)9-10-23(21)26)28-16-19-5-7-20(8-6-19)18-31-12-4-11-30(2)13-14-31/h5-10,15H,3-4,11-14,16-18H2,1-2H3,(H2,27,28,29). The lowest BCUT2D eigenvalue weighted by Crippen LogP contribution is -2.37. The third-order valence-electron chi connectivity index (χ3n) is 5.46. The molecule has 0 bridgehead atoms. The van der Waals surface area contributed by atoms with Crippen molar-refractivity contribution >= 4 is 5.96 Å². The number of halogens is 2. The molecule has 1 saturated heterocycles. The lowest BCUT2D eigenvalue weighted by atomic mass is 10.1. The van der Waals surface area contributed by atoms with E-state index in [9.17, 15) is 8.78 Å². The third-order valence-corrected chi connectivity index (χ3v) is 5.46. The normalized spacial score (nSPS) is 16.2. The van der Waals surface area contributed by atoms with Gasteiger partial charge in [-0.05, 0) is 62.8 Å². The van der Waals surface area contributed by atoms with Crippen LogP contribution in [0.3, 0.4) is 0 Å². The van der Waals surface area contributed by atoms with Gasteiger partial charge >= 0.3 is 0 Å². The number of hydrogen-bond acceptors (Lipinski definition) is 3. The maximum atomic E-state index is 13.8. The minimum atomic E-state index is -0.451. The van der Waals surface area contributed by atoms with Gasteiger partial charge in [-0.3, -0.25) is 4.90 Å². The fraction of sp³-hybridized carbons (Fsp3) is 0.458. The topological polar surface area (TPSA) is 42.9 Å². The second-order valence-corrected chi connectivity index (χ2v) is 8.03. The fourth-order valence-corrected chi connectivity index (χ4v) is 3.64. The summed E-state index contributed by atoms with van der Waals surface area (Å²) in [4.78, 5) is 9.48. The Morgan fingerprint density at radius 3 is 2.52 bits per heavy atom. The highest BCUT2D eigenvalue weighted by Crippen LogP contribution is 2.12. The lowest BCUT2D eigenvalue weighted by Gasteiger charge is -2.20. The number of hydrogen-bond donors (Lipinski definition) is 2. The summed E-state index contributed by atoms with van der Waals surface area (Å²) in [5, 5.41) is 6.22. The molecule has 0 atom stereocenters. The zero-order chi connectivity index (χ0) is 22.1. The Labute approximate surface area is 184 Å². The molecule has 1 aliphatic rings. The number of aliphatic imine (C=N–C) groups is 1. The summed E-state index contributed by atoms with van der Waals surface area (Å²) in [6.07, 6.45) is 1.21. The van der Waals surface area contributed by atoms with Crippen LogP contribution in [0.25, 0.3) is 0 Å². The van der Waals surface area contributed by atoms with E-state index in [2.05, 4.69) is 56.7 Å². The molecule has 7 heteroatoms. The Kier molecular flexibility index (Phi) is 8.79. The van der Waals surface area contributed by atoms with Crippen LogP contribution in [-0.2, 0) is 19.6 Å². The number of rotatable bonds is 7. The number of guanidine groups is 1. The third kappa shape index (κ3) is 7.60. The molecule has 0 amide bonds. The van der Waals surface area contributed by atoms with Crippen LogP contribution >= 0.6 is 0 Å². The van der Waals surface area contributed by atoms with Crippen LogP contribution in [0.15, 0.2) is 47.5 Å². The highest BCUT2D eigenvalue weighted by Gasteiger charge is 2.12.